The molecule has 4 aliphatic rings. The molecule has 5 aromatic rings. The van der Waals surface area contributed by atoms with Crippen LogP contribution in [0, 0.1) is 0 Å². The van der Waals surface area contributed by atoms with Crippen LogP contribution in [0.4, 0.5) is 17.2 Å². The molecule has 0 spiro atoms. The first-order valence-electron chi connectivity index (χ1n) is 20.5. The summed E-state index contributed by atoms with van der Waals surface area (Å²) in [6, 6.07) is 23.2. The minimum Gasteiger partial charge on any atom is -0.507 e. The molecule has 61 heavy (non-hydrogen) atoms. The number of fused-ring (bicyclic) bond motifs is 1. The third-order valence-electron chi connectivity index (χ3n) is 12.0. The van der Waals surface area contributed by atoms with E-state index in [1.165, 1.54) is 10.7 Å². The number of carbonyl (C=O) groups is 3. The molecule has 316 valence electrons. The number of anilines is 3. The third-order valence-corrected chi connectivity index (χ3v) is 13.0. The molecule has 1 saturated carbocycles. The van der Waals surface area contributed by atoms with Crippen LogP contribution in [0.25, 0.3) is 16.9 Å². The average molecular weight is 848 g/mol. The first-order chi connectivity index (χ1) is 29.6. The topological polar surface area (TPSA) is 205 Å². The van der Waals surface area contributed by atoms with Crippen LogP contribution < -0.4 is 24.9 Å². The highest BCUT2D eigenvalue weighted by atomic mass is 31.2. The lowest BCUT2D eigenvalue weighted by molar-refractivity contribution is -0.134. The van der Waals surface area contributed by atoms with E-state index in [1.807, 2.05) is 18.2 Å². The van der Waals surface area contributed by atoms with Crippen molar-refractivity contribution in [1.29, 1.82) is 0 Å². The van der Waals surface area contributed by atoms with Gasteiger partial charge < -0.3 is 24.5 Å². The Bertz CT molecular complexity index is 2490. The van der Waals surface area contributed by atoms with Gasteiger partial charge >= 0.3 is 7.75 Å². The van der Waals surface area contributed by atoms with Gasteiger partial charge in [-0.2, -0.15) is 5.10 Å². The molecule has 3 amide bonds. The highest BCUT2D eigenvalue weighted by molar-refractivity contribution is 7.54. The molecule has 17 nitrogen and oxygen atoms in total. The summed E-state index contributed by atoms with van der Waals surface area (Å²) in [6.45, 7) is 2.28. The molecular weight excluding hydrogens is 802 g/mol. The number of rotatable bonds is 11. The largest absolute Gasteiger partial charge is 0.507 e. The molecule has 3 fully saturated rings. The fourth-order valence-corrected chi connectivity index (χ4v) is 9.71. The van der Waals surface area contributed by atoms with Crippen LogP contribution in [0.2, 0.25) is 0 Å². The Morgan fingerprint density at radius 2 is 1.70 bits per heavy atom. The van der Waals surface area contributed by atoms with Gasteiger partial charge in [-0.3, -0.25) is 34.2 Å². The number of aromatic nitrogens is 4. The molecule has 1 aliphatic carbocycles. The molecule has 18 heteroatoms. The number of hydrogen-bond acceptors (Lipinski definition) is 12. The Hall–Kier alpha value is -6.13. The van der Waals surface area contributed by atoms with E-state index >= 15 is 0 Å². The second-order valence-electron chi connectivity index (χ2n) is 15.7. The SMILES string of the molecule is O=C1CC[C@H](N2CCOc3c(C4CCC(N5CCN(c6cnn(-c7cc(-c8ccccc8O)nnc7NP(=O)(O)OCc7ccccc7)c6)C(=O)C5)CC4)cccc32)C(=O)N1. The molecule has 0 radical (unpaired) electrons. The van der Waals surface area contributed by atoms with Crippen LogP contribution >= 0.6 is 7.75 Å². The van der Waals surface area contributed by atoms with Gasteiger partial charge in [0, 0.05) is 31.1 Å². The van der Waals surface area contributed by atoms with Crippen molar-refractivity contribution < 1.29 is 38.2 Å². The zero-order chi connectivity index (χ0) is 42.1. The van der Waals surface area contributed by atoms with Gasteiger partial charge in [0.2, 0.25) is 17.7 Å². The van der Waals surface area contributed by atoms with Crippen LogP contribution in [0.3, 0.4) is 0 Å². The predicted molar refractivity (Wildman–Crippen MR) is 225 cm³/mol. The summed E-state index contributed by atoms with van der Waals surface area (Å²) < 4.78 is 26.3. The molecule has 3 aliphatic heterocycles. The Balaban J connectivity index is 0.866. The van der Waals surface area contributed by atoms with Gasteiger partial charge in [0.05, 0.1) is 49.2 Å². The van der Waals surface area contributed by atoms with Gasteiger partial charge in [0.15, 0.2) is 5.82 Å². The van der Waals surface area contributed by atoms with Gasteiger partial charge in [-0.15, -0.1) is 10.2 Å². The van der Waals surface area contributed by atoms with Crippen molar-refractivity contribution in [3.05, 3.63) is 102 Å². The minimum absolute atomic E-state index is 0.0213. The summed E-state index contributed by atoms with van der Waals surface area (Å²) in [7, 11) is -4.46. The Morgan fingerprint density at radius 1 is 0.902 bits per heavy atom. The van der Waals surface area contributed by atoms with Gasteiger partial charge in [-0.05, 0) is 73.4 Å². The number of phenols is 1. The number of piperidine rings is 1. The quantitative estimate of drug-likeness (QED) is 0.100. The Morgan fingerprint density at radius 3 is 2.49 bits per heavy atom. The fraction of sp³-hybridized carbons (Fsp3) is 0.349. The van der Waals surface area contributed by atoms with Crippen molar-refractivity contribution in [3.63, 3.8) is 0 Å². The van der Waals surface area contributed by atoms with E-state index in [0.29, 0.717) is 61.6 Å². The maximum absolute atomic E-state index is 13.8. The Labute approximate surface area is 351 Å². The molecule has 2 saturated heterocycles. The van der Waals surface area contributed by atoms with Crippen LogP contribution in [-0.2, 0) is 30.1 Å². The number of amides is 3. The van der Waals surface area contributed by atoms with E-state index < -0.39 is 13.8 Å². The maximum Gasteiger partial charge on any atom is 0.431 e. The molecule has 2 atom stereocenters. The molecule has 9 rings (SSSR count). The number of carbonyl (C=O) groups excluding carboxylic acids is 3. The van der Waals surface area contributed by atoms with E-state index in [0.717, 1.165) is 42.7 Å². The monoisotopic (exact) mass is 847 g/mol. The Kier molecular flexibility index (Phi) is 11.3. The number of piperazine rings is 1. The third kappa shape index (κ3) is 8.59. The molecule has 0 bridgehead atoms. The second kappa shape index (κ2) is 17.1. The van der Waals surface area contributed by atoms with Crippen molar-refractivity contribution in [1.82, 2.24) is 30.2 Å². The molecule has 3 aromatic carbocycles. The van der Waals surface area contributed by atoms with E-state index in [-0.39, 0.29) is 60.1 Å². The summed E-state index contributed by atoms with van der Waals surface area (Å²) in [4.78, 5) is 55.2. The zero-order valence-corrected chi connectivity index (χ0v) is 34.2. The number of para-hydroxylation sites is 2. The van der Waals surface area contributed by atoms with Gasteiger partial charge in [-0.25, -0.2) is 9.25 Å². The van der Waals surface area contributed by atoms with Gasteiger partial charge in [0.25, 0.3) is 0 Å². The maximum atomic E-state index is 13.8. The molecule has 4 N–H and O–H groups in total. The number of imide groups is 1. The predicted octanol–water partition coefficient (Wildman–Crippen LogP) is 5.14. The first-order valence-corrected chi connectivity index (χ1v) is 22.1. The van der Waals surface area contributed by atoms with Crippen LogP contribution in [0.15, 0.2) is 91.3 Å². The second-order valence-corrected chi connectivity index (χ2v) is 17.3. The molecular formula is C43H46N9O8P. The van der Waals surface area contributed by atoms with Crippen molar-refractivity contribution in [2.24, 2.45) is 0 Å². The lowest BCUT2D eigenvalue weighted by Crippen LogP contribution is -2.54. The number of phenolic OH excluding ortho intramolecular Hbond substituents is 1. The first kappa shape index (κ1) is 40.3. The minimum atomic E-state index is -4.46. The number of aromatic hydroxyl groups is 1. The highest BCUT2D eigenvalue weighted by Crippen LogP contribution is 2.46. The van der Waals surface area contributed by atoms with Crippen LogP contribution in [0.5, 0.6) is 11.5 Å². The molecule has 5 heterocycles. The summed E-state index contributed by atoms with van der Waals surface area (Å²) in [5, 5.41) is 28.5. The van der Waals surface area contributed by atoms with Crippen molar-refractivity contribution in [2.75, 3.05) is 47.7 Å². The van der Waals surface area contributed by atoms with Crippen LogP contribution in [0.1, 0.15) is 55.6 Å². The fourth-order valence-electron chi connectivity index (χ4n) is 8.89. The summed E-state index contributed by atoms with van der Waals surface area (Å²) in [5.74, 6) is 0.438. The zero-order valence-electron chi connectivity index (χ0n) is 33.3. The standard InChI is InChI=1S/C43H46N9O8P/c53-38-12-5-4-9-33(38)34-23-37(42(47-46-34)48-61(57,58)60-27-28-7-2-1-3-8-28)52-25-31(24-44-52)50-20-19-49(26-40(50)55)30-15-13-29(14-16-30)32-10-6-11-35-41(32)59-22-21-51(35)36-17-18-39(54)45-43(36)56/h1-12,23-25,29-30,36,53H,13-22,26-27H2,(H,45,54,56)(H2,47,48,57,58)/t29?,30?,36-/m0/s1. The normalized spacial score (nSPS) is 21.9. The van der Waals surface area contributed by atoms with Crippen molar-refractivity contribution in [3.8, 4) is 28.4 Å². The summed E-state index contributed by atoms with van der Waals surface area (Å²) >= 11 is 0. The van der Waals surface area contributed by atoms with E-state index in [2.05, 4.69) is 41.6 Å². The van der Waals surface area contributed by atoms with Crippen molar-refractivity contribution in [2.45, 2.75) is 63.1 Å². The average Bonchev–Trinajstić information content (AvgIpc) is 3.76. The van der Waals surface area contributed by atoms with Crippen molar-refractivity contribution >= 4 is 42.7 Å². The van der Waals surface area contributed by atoms with E-state index in [4.69, 9.17) is 9.26 Å². The molecule has 2 aromatic heterocycles. The van der Waals surface area contributed by atoms with E-state index in [9.17, 15) is 28.9 Å². The number of nitrogens with zero attached hydrogens (tertiary/aromatic N) is 7. The number of ether oxygens (including phenoxy) is 1. The van der Waals surface area contributed by atoms with Gasteiger partial charge in [0.1, 0.15) is 29.8 Å². The lowest BCUT2D eigenvalue weighted by Gasteiger charge is -2.42. The number of hydrogen-bond donors (Lipinski definition) is 4. The number of nitrogens with one attached hydrogen (secondary N) is 2. The number of benzene rings is 3. The highest BCUT2D eigenvalue weighted by Gasteiger charge is 2.38. The summed E-state index contributed by atoms with van der Waals surface area (Å²) in [6.07, 6.45) is 7.73. The molecule has 1 unspecified atom stereocenters. The van der Waals surface area contributed by atoms with Crippen LogP contribution in [-0.4, -0.2) is 97.5 Å². The van der Waals surface area contributed by atoms with E-state index in [1.54, 1.807) is 65.8 Å². The van der Waals surface area contributed by atoms with Gasteiger partial charge in [-0.1, -0.05) is 54.6 Å². The summed E-state index contributed by atoms with van der Waals surface area (Å²) in [5.41, 5.74) is 4.23. The smallest absolute Gasteiger partial charge is 0.431 e. The lowest BCUT2D eigenvalue weighted by atomic mass is 9.80.